The molecular formula is C23H18FN3. The molecule has 27 heavy (non-hydrogen) atoms. The van der Waals surface area contributed by atoms with Crippen LogP contribution in [0.4, 0.5) is 10.3 Å². The number of benzene rings is 3. The van der Waals surface area contributed by atoms with Crippen molar-refractivity contribution in [3.8, 4) is 0 Å². The summed E-state index contributed by atoms with van der Waals surface area (Å²) in [6, 6.07) is 23.1. The van der Waals surface area contributed by atoms with Crippen molar-refractivity contribution in [3.05, 3.63) is 101 Å². The summed E-state index contributed by atoms with van der Waals surface area (Å²) in [5.41, 5.74) is 6.33. The van der Waals surface area contributed by atoms with Crippen molar-refractivity contribution in [2.75, 3.05) is 5.32 Å². The fourth-order valence-electron chi connectivity index (χ4n) is 3.62. The minimum Gasteiger partial charge on any atom is -0.325 e. The van der Waals surface area contributed by atoms with Gasteiger partial charge >= 0.3 is 0 Å². The van der Waals surface area contributed by atoms with Gasteiger partial charge in [0.1, 0.15) is 5.82 Å². The first-order chi connectivity index (χ1) is 13.2. The van der Waals surface area contributed by atoms with Crippen LogP contribution in [0.25, 0.3) is 16.7 Å². The van der Waals surface area contributed by atoms with Crippen LogP contribution in [0.1, 0.15) is 22.7 Å². The average Bonchev–Trinajstić information content (AvgIpc) is 3.07. The molecule has 1 atom stereocenters. The number of aryl methyl sites for hydroxylation is 1. The lowest BCUT2D eigenvalue weighted by Gasteiger charge is -2.26. The number of nitrogens with zero attached hydrogens (tertiary/aromatic N) is 2. The number of aromatic nitrogens is 2. The molecule has 0 bridgehead atoms. The fraction of sp³-hybridized carbons (Fsp3) is 0.0870. The molecule has 0 spiro atoms. The third-order valence-electron chi connectivity index (χ3n) is 5.02. The summed E-state index contributed by atoms with van der Waals surface area (Å²) in [5, 5.41) is 3.47. The third-order valence-corrected chi connectivity index (χ3v) is 5.02. The first-order valence-corrected chi connectivity index (χ1v) is 8.97. The highest BCUT2D eigenvalue weighted by Crippen LogP contribution is 2.36. The minimum absolute atomic E-state index is 0.0643. The Hall–Kier alpha value is -3.40. The molecule has 0 unspecified atom stereocenters. The van der Waals surface area contributed by atoms with Crippen molar-refractivity contribution >= 4 is 22.7 Å². The smallest absolute Gasteiger partial charge is 0.209 e. The number of anilines is 1. The second-order valence-electron chi connectivity index (χ2n) is 6.86. The quantitative estimate of drug-likeness (QED) is 0.512. The largest absolute Gasteiger partial charge is 0.325 e. The average molecular weight is 355 g/mol. The molecule has 1 N–H and O–H groups in total. The summed E-state index contributed by atoms with van der Waals surface area (Å²) in [6.07, 6.45) is 2.18. The molecule has 4 aromatic rings. The molecule has 0 saturated carbocycles. The van der Waals surface area contributed by atoms with Crippen LogP contribution in [0, 0.1) is 12.7 Å². The van der Waals surface area contributed by atoms with Crippen LogP contribution in [-0.2, 0) is 0 Å². The van der Waals surface area contributed by atoms with Gasteiger partial charge in [0.05, 0.1) is 17.1 Å². The number of allylic oxidation sites excluding steroid dienone is 1. The molecule has 0 amide bonds. The molecular weight excluding hydrogens is 337 g/mol. The van der Waals surface area contributed by atoms with Crippen molar-refractivity contribution in [1.29, 1.82) is 0 Å². The van der Waals surface area contributed by atoms with Crippen LogP contribution in [0.3, 0.4) is 0 Å². The zero-order valence-electron chi connectivity index (χ0n) is 14.9. The Morgan fingerprint density at radius 2 is 1.67 bits per heavy atom. The summed E-state index contributed by atoms with van der Waals surface area (Å²) < 4.78 is 15.6. The predicted molar refractivity (Wildman–Crippen MR) is 107 cm³/mol. The second-order valence-corrected chi connectivity index (χ2v) is 6.86. The molecule has 0 radical (unpaired) electrons. The second kappa shape index (κ2) is 6.09. The van der Waals surface area contributed by atoms with Crippen molar-refractivity contribution in [2.24, 2.45) is 0 Å². The summed E-state index contributed by atoms with van der Waals surface area (Å²) in [5.74, 6) is 0.565. The molecule has 5 rings (SSSR count). The fourth-order valence-corrected chi connectivity index (χ4v) is 3.62. The first kappa shape index (κ1) is 15.8. The van der Waals surface area contributed by atoms with Crippen LogP contribution in [0.5, 0.6) is 0 Å². The van der Waals surface area contributed by atoms with Crippen LogP contribution in [-0.4, -0.2) is 9.55 Å². The summed E-state index contributed by atoms with van der Waals surface area (Å²) >= 11 is 0. The van der Waals surface area contributed by atoms with Crippen LogP contribution < -0.4 is 5.32 Å². The molecule has 3 nitrogen and oxygen atoms in total. The van der Waals surface area contributed by atoms with Crippen LogP contribution >= 0.6 is 0 Å². The van der Waals surface area contributed by atoms with Gasteiger partial charge in [-0.25, -0.2) is 9.37 Å². The lowest BCUT2D eigenvalue weighted by molar-refractivity contribution is 0.624. The molecule has 4 heteroatoms. The maximum absolute atomic E-state index is 13.5. The topological polar surface area (TPSA) is 29.9 Å². The zero-order chi connectivity index (χ0) is 18.4. The van der Waals surface area contributed by atoms with Gasteiger partial charge in [0.25, 0.3) is 0 Å². The molecule has 1 aromatic heterocycles. The zero-order valence-corrected chi connectivity index (χ0v) is 14.9. The summed E-state index contributed by atoms with van der Waals surface area (Å²) in [7, 11) is 0. The molecule has 1 aliphatic heterocycles. The molecule has 0 fully saturated rings. The monoisotopic (exact) mass is 355 g/mol. The SMILES string of the molecule is Cc1ccc(C2=C[C@@H](c3ccc(F)cc3)n3c(nc4ccccc43)N2)cc1. The van der Waals surface area contributed by atoms with Crippen molar-refractivity contribution < 1.29 is 4.39 Å². The first-order valence-electron chi connectivity index (χ1n) is 8.97. The van der Waals surface area contributed by atoms with E-state index in [2.05, 4.69) is 53.2 Å². The predicted octanol–water partition coefficient (Wildman–Crippen LogP) is 5.54. The standard InChI is InChI=1S/C23H18FN3/c1-15-6-8-16(9-7-15)20-14-22(17-10-12-18(24)13-11-17)27-21-5-3-2-4-19(21)25-23(27)26-20/h2-14,22H,1H3,(H,25,26)/t22-/m0/s1. The van der Waals surface area contributed by atoms with Gasteiger partial charge in [-0.05, 0) is 48.4 Å². The van der Waals surface area contributed by atoms with Gasteiger partial charge in [-0.1, -0.05) is 54.1 Å². The molecule has 1 aliphatic rings. The number of rotatable bonds is 2. The number of nitrogens with one attached hydrogen (secondary N) is 1. The molecule has 3 aromatic carbocycles. The number of halogens is 1. The Morgan fingerprint density at radius 3 is 2.44 bits per heavy atom. The highest BCUT2D eigenvalue weighted by atomic mass is 19.1. The Kier molecular flexibility index (Phi) is 3.57. The van der Waals surface area contributed by atoms with Gasteiger partial charge < -0.3 is 5.32 Å². The maximum Gasteiger partial charge on any atom is 0.209 e. The molecule has 132 valence electrons. The number of para-hydroxylation sites is 2. The van der Waals surface area contributed by atoms with Gasteiger partial charge in [0.2, 0.25) is 5.95 Å². The molecule has 2 heterocycles. The Bertz CT molecular complexity index is 1150. The van der Waals surface area contributed by atoms with Crippen molar-refractivity contribution in [1.82, 2.24) is 9.55 Å². The van der Waals surface area contributed by atoms with Crippen LogP contribution in [0.2, 0.25) is 0 Å². The van der Waals surface area contributed by atoms with Gasteiger partial charge in [-0.3, -0.25) is 4.57 Å². The van der Waals surface area contributed by atoms with E-state index in [4.69, 9.17) is 4.98 Å². The lowest BCUT2D eigenvalue weighted by atomic mass is 10.0. The van der Waals surface area contributed by atoms with E-state index < -0.39 is 0 Å². The van der Waals surface area contributed by atoms with Crippen LogP contribution in [0.15, 0.2) is 78.9 Å². The minimum atomic E-state index is -0.230. The van der Waals surface area contributed by atoms with E-state index in [-0.39, 0.29) is 11.9 Å². The highest BCUT2D eigenvalue weighted by molar-refractivity contribution is 5.85. The van der Waals surface area contributed by atoms with Crippen molar-refractivity contribution in [3.63, 3.8) is 0 Å². The van der Waals surface area contributed by atoms with Gasteiger partial charge in [0.15, 0.2) is 0 Å². The number of fused-ring (bicyclic) bond motifs is 3. The summed E-state index contributed by atoms with van der Waals surface area (Å²) in [6.45, 7) is 2.08. The normalized spacial score (nSPS) is 15.9. The van der Waals surface area contributed by atoms with E-state index in [0.717, 1.165) is 33.8 Å². The van der Waals surface area contributed by atoms with Gasteiger partial charge in [-0.2, -0.15) is 0 Å². The molecule has 0 saturated heterocycles. The Labute approximate surface area is 156 Å². The van der Waals surface area contributed by atoms with Gasteiger partial charge in [-0.15, -0.1) is 0 Å². The van der Waals surface area contributed by atoms with E-state index >= 15 is 0 Å². The number of hydrogen-bond acceptors (Lipinski definition) is 2. The highest BCUT2D eigenvalue weighted by Gasteiger charge is 2.25. The van der Waals surface area contributed by atoms with Gasteiger partial charge in [0, 0.05) is 5.70 Å². The van der Waals surface area contributed by atoms with E-state index in [1.807, 2.05) is 30.3 Å². The van der Waals surface area contributed by atoms with E-state index in [1.54, 1.807) is 0 Å². The number of imidazole rings is 1. The maximum atomic E-state index is 13.5. The summed E-state index contributed by atoms with van der Waals surface area (Å²) in [4.78, 5) is 4.78. The Balaban J connectivity index is 1.71. The number of hydrogen-bond donors (Lipinski definition) is 1. The Morgan fingerprint density at radius 1 is 0.926 bits per heavy atom. The van der Waals surface area contributed by atoms with E-state index in [0.29, 0.717) is 0 Å². The third kappa shape index (κ3) is 2.70. The lowest BCUT2D eigenvalue weighted by Crippen LogP contribution is -2.19. The van der Waals surface area contributed by atoms with E-state index in [9.17, 15) is 4.39 Å². The molecule has 0 aliphatic carbocycles. The van der Waals surface area contributed by atoms with Crippen molar-refractivity contribution in [2.45, 2.75) is 13.0 Å². The van der Waals surface area contributed by atoms with E-state index in [1.165, 1.54) is 17.7 Å².